The first-order valence-corrected chi connectivity index (χ1v) is 8.46. The number of benzene rings is 2. The second kappa shape index (κ2) is 7.38. The number of methoxy groups -OCH3 is 1. The summed E-state index contributed by atoms with van der Waals surface area (Å²) < 4.78 is 11.1. The highest BCUT2D eigenvalue weighted by molar-refractivity contribution is 5.92. The normalized spacial score (nSPS) is 10.8. The molecule has 0 atom stereocenters. The Morgan fingerprint density at radius 3 is 2.88 bits per heavy atom. The highest BCUT2D eigenvalue weighted by atomic mass is 16.5. The van der Waals surface area contributed by atoms with Gasteiger partial charge in [0.1, 0.15) is 11.3 Å². The van der Waals surface area contributed by atoms with E-state index in [-0.39, 0.29) is 5.91 Å². The van der Waals surface area contributed by atoms with Crippen LogP contribution in [-0.4, -0.2) is 18.0 Å². The first kappa shape index (κ1) is 17.0. The average molecular weight is 338 g/mol. The molecule has 1 amide bonds. The summed E-state index contributed by atoms with van der Waals surface area (Å²) in [5, 5.41) is 2.98. The van der Waals surface area contributed by atoms with Crippen LogP contribution in [0.4, 0.5) is 5.69 Å². The number of hydrogen-bond acceptors (Lipinski definition) is 4. The Hall–Kier alpha value is -2.82. The van der Waals surface area contributed by atoms with Gasteiger partial charge in [-0.3, -0.25) is 4.79 Å². The van der Waals surface area contributed by atoms with Crippen molar-refractivity contribution in [1.82, 2.24) is 4.98 Å². The van der Waals surface area contributed by atoms with Crippen molar-refractivity contribution in [2.75, 3.05) is 12.4 Å². The van der Waals surface area contributed by atoms with E-state index in [0.717, 1.165) is 40.9 Å². The minimum atomic E-state index is 0.0319. The van der Waals surface area contributed by atoms with Gasteiger partial charge in [0.05, 0.1) is 7.11 Å². The number of hydrogen-bond donors (Lipinski definition) is 1. The highest BCUT2D eigenvalue weighted by Crippen LogP contribution is 2.31. The number of nitrogens with one attached hydrogen (secondary N) is 1. The lowest BCUT2D eigenvalue weighted by Crippen LogP contribution is -2.12. The van der Waals surface area contributed by atoms with Gasteiger partial charge in [0.15, 0.2) is 5.58 Å². The van der Waals surface area contributed by atoms with Gasteiger partial charge in [-0.15, -0.1) is 0 Å². The topological polar surface area (TPSA) is 64.4 Å². The summed E-state index contributed by atoms with van der Waals surface area (Å²) in [6, 6.07) is 11.3. The molecular weight excluding hydrogens is 316 g/mol. The van der Waals surface area contributed by atoms with Crippen LogP contribution in [-0.2, 0) is 4.79 Å². The minimum Gasteiger partial charge on any atom is -0.497 e. The van der Waals surface area contributed by atoms with E-state index in [2.05, 4.69) is 17.2 Å². The lowest BCUT2D eigenvalue weighted by Gasteiger charge is -2.10. The number of fused-ring (bicyclic) bond motifs is 1. The van der Waals surface area contributed by atoms with E-state index in [1.54, 1.807) is 7.11 Å². The summed E-state index contributed by atoms with van der Waals surface area (Å²) in [5.74, 6) is 1.30. The fourth-order valence-electron chi connectivity index (χ4n) is 2.70. The van der Waals surface area contributed by atoms with E-state index in [9.17, 15) is 4.79 Å². The molecule has 25 heavy (non-hydrogen) atoms. The SMILES string of the molecule is CCCCC(=O)Nc1cccc(-c2nc3cc(OC)ccc3o2)c1C. The number of rotatable bonds is 6. The predicted octanol–water partition coefficient (Wildman–Crippen LogP) is 4.94. The van der Waals surface area contributed by atoms with Gasteiger partial charge in [0.25, 0.3) is 0 Å². The smallest absolute Gasteiger partial charge is 0.227 e. The summed E-state index contributed by atoms with van der Waals surface area (Å²) in [6.07, 6.45) is 2.42. The van der Waals surface area contributed by atoms with Crippen molar-refractivity contribution in [3.63, 3.8) is 0 Å². The third-order valence-corrected chi connectivity index (χ3v) is 4.19. The first-order valence-electron chi connectivity index (χ1n) is 8.46. The largest absolute Gasteiger partial charge is 0.497 e. The zero-order valence-corrected chi connectivity index (χ0v) is 14.8. The molecular formula is C20H22N2O3. The maximum Gasteiger partial charge on any atom is 0.227 e. The third kappa shape index (κ3) is 3.65. The van der Waals surface area contributed by atoms with Gasteiger partial charge < -0.3 is 14.5 Å². The Morgan fingerprint density at radius 2 is 2.12 bits per heavy atom. The van der Waals surface area contributed by atoms with E-state index in [4.69, 9.17) is 9.15 Å². The van der Waals surface area contributed by atoms with Crippen LogP contribution in [0.3, 0.4) is 0 Å². The molecule has 130 valence electrons. The Bertz CT molecular complexity index is 899. The summed E-state index contributed by atoms with van der Waals surface area (Å²) in [4.78, 5) is 16.6. The molecule has 0 fully saturated rings. The number of carbonyl (C=O) groups is 1. The molecule has 0 aliphatic carbocycles. The molecule has 3 aromatic rings. The van der Waals surface area contributed by atoms with Crippen molar-refractivity contribution in [2.45, 2.75) is 33.1 Å². The number of oxazole rings is 1. The maximum absolute atomic E-state index is 12.0. The summed E-state index contributed by atoms with van der Waals surface area (Å²) in [6.45, 7) is 4.03. The zero-order valence-electron chi connectivity index (χ0n) is 14.8. The molecule has 1 aromatic heterocycles. The van der Waals surface area contributed by atoms with E-state index in [1.807, 2.05) is 43.3 Å². The number of ether oxygens (including phenoxy) is 1. The first-order chi connectivity index (χ1) is 12.1. The molecule has 2 aromatic carbocycles. The monoisotopic (exact) mass is 338 g/mol. The molecule has 1 N–H and O–H groups in total. The van der Waals surface area contributed by atoms with Crippen LogP contribution in [0.2, 0.25) is 0 Å². The van der Waals surface area contributed by atoms with Crippen LogP contribution in [0, 0.1) is 6.92 Å². The van der Waals surface area contributed by atoms with Crippen LogP contribution >= 0.6 is 0 Å². The van der Waals surface area contributed by atoms with Gasteiger partial charge in [-0.2, -0.15) is 0 Å². The Balaban J connectivity index is 1.92. The second-order valence-electron chi connectivity index (χ2n) is 5.98. The van der Waals surface area contributed by atoms with Crippen LogP contribution in [0.5, 0.6) is 5.75 Å². The molecule has 0 saturated heterocycles. The van der Waals surface area contributed by atoms with E-state index >= 15 is 0 Å². The lowest BCUT2D eigenvalue weighted by molar-refractivity contribution is -0.116. The molecule has 5 heteroatoms. The molecule has 3 rings (SSSR count). The summed E-state index contributed by atoms with van der Waals surface area (Å²) in [7, 11) is 1.62. The van der Waals surface area contributed by atoms with E-state index in [0.29, 0.717) is 17.9 Å². The molecule has 0 unspecified atom stereocenters. The van der Waals surface area contributed by atoms with Crippen molar-refractivity contribution in [3.05, 3.63) is 42.0 Å². The predicted molar refractivity (Wildman–Crippen MR) is 98.9 cm³/mol. The molecule has 0 radical (unpaired) electrons. The third-order valence-electron chi connectivity index (χ3n) is 4.19. The number of carbonyl (C=O) groups excluding carboxylic acids is 1. The van der Waals surface area contributed by atoms with E-state index in [1.165, 1.54) is 0 Å². The van der Waals surface area contributed by atoms with Crippen molar-refractivity contribution in [2.24, 2.45) is 0 Å². The van der Waals surface area contributed by atoms with Crippen molar-refractivity contribution in [1.29, 1.82) is 0 Å². The van der Waals surface area contributed by atoms with Crippen LogP contribution < -0.4 is 10.1 Å². The van der Waals surface area contributed by atoms with Crippen molar-refractivity contribution < 1.29 is 13.9 Å². The Labute approximate surface area is 147 Å². The zero-order chi connectivity index (χ0) is 17.8. The summed E-state index contributed by atoms with van der Waals surface area (Å²) >= 11 is 0. The number of aromatic nitrogens is 1. The standard InChI is InChI=1S/C20H22N2O3/c1-4-5-9-19(23)21-16-8-6-7-15(13(16)2)20-22-17-12-14(24-3)10-11-18(17)25-20/h6-8,10-12H,4-5,9H2,1-3H3,(H,21,23). The van der Waals surface area contributed by atoms with Crippen LogP contribution in [0.1, 0.15) is 31.7 Å². The highest BCUT2D eigenvalue weighted by Gasteiger charge is 2.14. The maximum atomic E-state index is 12.0. The number of nitrogens with zero attached hydrogens (tertiary/aromatic N) is 1. The fourth-order valence-corrected chi connectivity index (χ4v) is 2.70. The quantitative estimate of drug-likeness (QED) is 0.691. The van der Waals surface area contributed by atoms with E-state index < -0.39 is 0 Å². The molecule has 0 aliphatic heterocycles. The summed E-state index contributed by atoms with van der Waals surface area (Å²) in [5.41, 5.74) is 4.03. The van der Waals surface area contributed by atoms with Gasteiger partial charge >= 0.3 is 0 Å². The molecule has 0 spiro atoms. The fraction of sp³-hybridized carbons (Fsp3) is 0.300. The van der Waals surface area contributed by atoms with Crippen LogP contribution in [0.15, 0.2) is 40.8 Å². The Morgan fingerprint density at radius 1 is 1.28 bits per heavy atom. The lowest BCUT2D eigenvalue weighted by atomic mass is 10.1. The molecule has 0 aliphatic rings. The molecule has 0 bridgehead atoms. The Kier molecular flexibility index (Phi) is 5.03. The van der Waals surface area contributed by atoms with Gasteiger partial charge in [0, 0.05) is 23.7 Å². The van der Waals surface area contributed by atoms with Crippen molar-refractivity contribution in [3.8, 4) is 17.2 Å². The minimum absolute atomic E-state index is 0.0319. The van der Waals surface area contributed by atoms with Gasteiger partial charge in [-0.1, -0.05) is 19.4 Å². The second-order valence-corrected chi connectivity index (χ2v) is 5.98. The average Bonchev–Trinajstić information content (AvgIpc) is 3.04. The van der Waals surface area contributed by atoms with Crippen molar-refractivity contribution >= 4 is 22.7 Å². The van der Waals surface area contributed by atoms with Crippen LogP contribution in [0.25, 0.3) is 22.6 Å². The molecule has 5 nitrogen and oxygen atoms in total. The molecule has 1 heterocycles. The van der Waals surface area contributed by atoms with Gasteiger partial charge in [-0.05, 0) is 43.2 Å². The number of unbranched alkanes of at least 4 members (excludes halogenated alkanes) is 1. The molecule has 0 saturated carbocycles. The van der Waals surface area contributed by atoms with Gasteiger partial charge in [0.2, 0.25) is 11.8 Å². The number of amides is 1. The number of anilines is 1. The van der Waals surface area contributed by atoms with Gasteiger partial charge in [-0.25, -0.2) is 4.98 Å².